The topological polar surface area (TPSA) is 70.7 Å². The van der Waals surface area contributed by atoms with E-state index in [0.717, 1.165) is 37.8 Å². The van der Waals surface area contributed by atoms with E-state index in [9.17, 15) is 14.0 Å². The summed E-state index contributed by atoms with van der Waals surface area (Å²) in [5, 5.41) is 6.08. The van der Waals surface area contributed by atoms with Crippen molar-refractivity contribution in [3.05, 3.63) is 35.6 Å². The summed E-state index contributed by atoms with van der Waals surface area (Å²) >= 11 is 0. The van der Waals surface area contributed by atoms with Crippen molar-refractivity contribution in [1.29, 1.82) is 0 Å². The molecule has 2 aliphatic rings. The molecular formula is C24H36FN3O3. The van der Waals surface area contributed by atoms with Crippen LogP contribution in [0.5, 0.6) is 0 Å². The van der Waals surface area contributed by atoms with Crippen molar-refractivity contribution >= 4 is 12.0 Å². The normalized spacial score (nSPS) is 21.8. The molecule has 7 heteroatoms. The molecule has 3 rings (SSSR count). The van der Waals surface area contributed by atoms with Gasteiger partial charge in [-0.1, -0.05) is 12.1 Å². The van der Waals surface area contributed by atoms with Crippen LogP contribution in [0, 0.1) is 17.7 Å². The molecule has 1 aromatic carbocycles. The maximum absolute atomic E-state index is 13.5. The molecule has 1 aliphatic carbocycles. The summed E-state index contributed by atoms with van der Waals surface area (Å²) in [6.45, 7) is 10.0. The lowest BCUT2D eigenvalue weighted by Crippen LogP contribution is -2.58. The zero-order valence-corrected chi connectivity index (χ0v) is 19.2. The van der Waals surface area contributed by atoms with E-state index in [1.165, 1.54) is 6.07 Å². The maximum Gasteiger partial charge on any atom is 0.407 e. The Kier molecular flexibility index (Phi) is 7.24. The molecule has 1 saturated heterocycles. The lowest BCUT2D eigenvalue weighted by atomic mass is 9.91. The van der Waals surface area contributed by atoms with Crippen molar-refractivity contribution in [1.82, 2.24) is 15.5 Å². The number of benzene rings is 1. The first-order chi connectivity index (χ1) is 14.5. The summed E-state index contributed by atoms with van der Waals surface area (Å²) in [7, 11) is 0. The number of nitrogens with one attached hydrogen (secondary N) is 2. The van der Waals surface area contributed by atoms with E-state index in [4.69, 9.17) is 4.74 Å². The lowest BCUT2D eigenvalue weighted by Gasteiger charge is -2.36. The fraction of sp³-hybridized carbons (Fsp3) is 0.667. The number of carbonyl (C=O) groups excluding carboxylic acids is 2. The first-order valence-corrected chi connectivity index (χ1v) is 11.3. The van der Waals surface area contributed by atoms with Gasteiger partial charge in [-0.25, -0.2) is 9.18 Å². The number of amides is 2. The zero-order valence-electron chi connectivity index (χ0n) is 19.2. The highest BCUT2D eigenvalue weighted by atomic mass is 19.1. The van der Waals surface area contributed by atoms with Crippen molar-refractivity contribution in [3.8, 4) is 0 Å². The largest absolute Gasteiger partial charge is 0.444 e. The predicted molar refractivity (Wildman–Crippen MR) is 118 cm³/mol. The first kappa shape index (κ1) is 23.5. The van der Waals surface area contributed by atoms with Crippen LogP contribution in [0.25, 0.3) is 0 Å². The van der Waals surface area contributed by atoms with Gasteiger partial charge in [0.15, 0.2) is 0 Å². The van der Waals surface area contributed by atoms with Gasteiger partial charge in [0.1, 0.15) is 11.4 Å². The number of alkyl carbamates (subject to hydrolysis) is 1. The van der Waals surface area contributed by atoms with E-state index in [1.54, 1.807) is 12.1 Å². The molecule has 0 bridgehead atoms. The highest BCUT2D eigenvalue weighted by Crippen LogP contribution is 2.39. The van der Waals surface area contributed by atoms with Crippen molar-refractivity contribution < 1.29 is 18.7 Å². The van der Waals surface area contributed by atoms with Gasteiger partial charge in [0.25, 0.3) is 0 Å². The van der Waals surface area contributed by atoms with Crippen LogP contribution in [0.3, 0.4) is 0 Å². The summed E-state index contributed by atoms with van der Waals surface area (Å²) in [4.78, 5) is 27.4. The van der Waals surface area contributed by atoms with E-state index in [0.29, 0.717) is 25.6 Å². The molecule has 0 radical (unpaired) electrons. The van der Waals surface area contributed by atoms with Crippen molar-refractivity contribution in [3.63, 3.8) is 0 Å². The van der Waals surface area contributed by atoms with Crippen LogP contribution >= 0.6 is 0 Å². The standard InChI is InChI=1S/C24H36FN3O3/c1-23(2,3)31-22(30)26-16-24(4,19-10-11-19)27-21(29)18-8-6-12-28(15-18)14-17-7-5-9-20(25)13-17/h5,7,9,13,18-19H,6,8,10-12,14-16H2,1-4H3,(H,26,30)(H,27,29). The molecule has 31 heavy (non-hydrogen) atoms. The third-order valence-electron chi connectivity index (χ3n) is 6.06. The minimum atomic E-state index is -0.559. The number of rotatable bonds is 7. The molecule has 2 atom stereocenters. The minimum absolute atomic E-state index is 0.0318. The van der Waals surface area contributed by atoms with Gasteiger partial charge in [0, 0.05) is 19.6 Å². The third kappa shape index (κ3) is 7.20. The van der Waals surface area contributed by atoms with Crippen LogP contribution in [0.4, 0.5) is 9.18 Å². The van der Waals surface area contributed by atoms with Crippen molar-refractivity contribution in [2.45, 2.75) is 71.1 Å². The van der Waals surface area contributed by atoms with Gasteiger partial charge in [-0.3, -0.25) is 9.69 Å². The Morgan fingerprint density at radius 1 is 1.19 bits per heavy atom. The molecule has 1 saturated carbocycles. The molecule has 172 valence electrons. The van der Waals surface area contributed by atoms with Gasteiger partial charge in [-0.05, 0) is 83.5 Å². The molecule has 1 heterocycles. The monoisotopic (exact) mass is 433 g/mol. The molecule has 1 aliphatic heterocycles. The number of halogens is 1. The molecule has 0 aromatic heterocycles. The van der Waals surface area contributed by atoms with E-state index in [1.807, 2.05) is 33.8 Å². The van der Waals surface area contributed by atoms with Gasteiger partial charge >= 0.3 is 6.09 Å². The molecule has 2 N–H and O–H groups in total. The van der Waals surface area contributed by atoms with Crippen molar-refractivity contribution in [2.75, 3.05) is 19.6 Å². The fourth-order valence-electron chi connectivity index (χ4n) is 4.27. The molecule has 6 nitrogen and oxygen atoms in total. The van der Waals surface area contributed by atoms with Gasteiger partial charge in [-0.15, -0.1) is 0 Å². The highest BCUT2D eigenvalue weighted by molar-refractivity contribution is 5.80. The summed E-state index contributed by atoms with van der Waals surface area (Å²) in [5.41, 5.74) is -0.125. The smallest absolute Gasteiger partial charge is 0.407 e. The first-order valence-electron chi connectivity index (χ1n) is 11.3. The van der Waals surface area contributed by atoms with E-state index in [-0.39, 0.29) is 17.6 Å². The number of hydrogen-bond acceptors (Lipinski definition) is 4. The van der Waals surface area contributed by atoms with E-state index < -0.39 is 17.2 Å². The minimum Gasteiger partial charge on any atom is -0.444 e. The summed E-state index contributed by atoms with van der Waals surface area (Å²) in [6.07, 6.45) is 3.40. The Hall–Kier alpha value is -2.15. The fourth-order valence-corrected chi connectivity index (χ4v) is 4.27. The second-order valence-corrected chi connectivity index (χ2v) is 10.2. The Morgan fingerprint density at radius 3 is 2.58 bits per heavy atom. The lowest BCUT2D eigenvalue weighted by molar-refractivity contribution is -0.128. The molecule has 2 fully saturated rings. The Labute approximate surface area is 184 Å². The zero-order chi connectivity index (χ0) is 22.6. The van der Waals surface area contributed by atoms with Crippen LogP contribution < -0.4 is 10.6 Å². The second kappa shape index (κ2) is 9.55. The maximum atomic E-state index is 13.5. The number of ether oxygens (including phenoxy) is 1. The Morgan fingerprint density at radius 2 is 1.94 bits per heavy atom. The van der Waals surface area contributed by atoms with Crippen LogP contribution in [-0.2, 0) is 16.1 Å². The number of nitrogens with zero attached hydrogens (tertiary/aromatic N) is 1. The Balaban J connectivity index is 1.55. The van der Waals surface area contributed by atoms with Gasteiger partial charge in [-0.2, -0.15) is 0 Å². The quantitative estimate of drug-likeness (QED) is 0.685. The molecule has 0 spiro atoms. The molecular weight excluding hydrogens is 397 g/mol. The summed E-state index contributed by atoms with van der Waals surface area (Å²) < 4.78 is 18.8. The average Bonchev–Trinajstić information content (AvgIpc) is 3.51. The summed E-state index contributed by atoms with van der Waals surface area (Å²) in [6, 6.07) is 6.63. The third-order valence-corrected chi connectivity index (χ3v) is 6.06. The number of piperidine rings is 1. The van der Waals surface area contributed by atoms with Gasteiger partial charge in [0.2, 0.25) is 5.91 Å². The van der Waals surface area contributed by atoms with E-state index in [2.05, 4.69) is 15.5 Å². The molecule has 1 aromatic rings. The molecule has 2 unspecified atom stereocenters. The van der Waals surface area contributed by atoms with Gasteiger partial charge < -0.3 is 15.4 Å². The predicted octanol–water partition coefficient (Wildman–Crippen LogP) is 3.85. The van der Waals surface area contributed by atoms with Crippen LogP contribution in [0.15, 0.2) is 24.3 Å². The average molecular weight is 434 g/mol. The number of hydrogen-bond donors (Lipinski definition) is 2. The van der Waals surface area contributed by atoms with Crippen molar-refractivity contribution in [2.24, 2.45) is 11.8 Å². The number of carbonyl (C=O) groups is 2. The van der Waals surface area contributed by atoms with Gasteiger partial charge in [0.05, 0.1) is 11.5 Å². The summed E-state index contributed by atoms with van der Waals surface area (Å²) in [5.74, 6) is 0.0473. The second-order valence-electron chi connectivity index (χ2n) is 10.2. The number of likely N-dealkylation sites (tertiary alicyclic amines) is 1. The van der Waals surface area contributed by atoms with E-state index >= 15 is 0 Å². The molecule has 2 amide bonds. The highest BCUT2D eigenvalue weighted by Gasteiger charge is 2.44. The SMILES string of the molecule is CC(C)(C)OC(=O)NCC(C)(NC(=O)C1CCCN(Cc2cccc(F)c2)C1)C1CC1. The van der Waals surface area contributed by atoms with Crippen LogP contribution in [0.1, 0.15) is 58.9 Å². The van der Waals surface area contributed by atoms with Crippen LogP contribution in [-0.4, -0.2) is 47.7 Å². The Bertz CT molecular complexity index is 791. The van der Waals surface area contributed by atoms with Crippen LogP contribution in [0.2, 0.25) is 0 Å².